The summed E-state index contributed by atoms with van der Waals surface area (Å²) in [4.78, 5) is 8.95. The van der Waals surface area contributed by atoms with Crippen LogP contribution in [-0.2, 0) is 0 Å². The monoisotopic (exact) mass is 401 g/mol. The number of halogens is 3. The molecule has 0 radical (unpaired) electrons. The molecule has 0 aliphatic heterocycles. The van der Waals surface area contributed by atoms with E-state index in [4.69, 9.17) is 11.6 Å². The first-order chi connectivity index (χ1) is 9.13. The van der Waals surface area contributed by atoms with E-state index in [9.17, 15) is 0 Å². The number of nitrogens with zero attached hydrogens (tertiary/aromatic N) is 2. The van der Waals surface area contributed by atoms with Crippen LogP contribution in [0, 0.1) is 0 Å². The second kappa shape index (κ2) is 5.38. The van der Waals surface area contributed by atoms with Crippen LogP contribution in [0.15, 0.2) is 33.3 Å². The summed E-state index contributed by atoms with van der Waals surface area (Å²) >= 11 is 13.0. The molecular formula is C13H10Br2ClN3. The van der Waals surface area contributed by atoms with E-state index in [1.54, 1.807) is 0 Å². The number of hydrogen-bond acceptors (Lipinski definition) is 3. The third kappa shape index (κ3) is 3.09. The molecule has 0 atom stereocenters. The lowest BCUT2D eigenvalue weighted by Gasteiger charge is -2.10. The summed E-state index contributed by atoms with van der Waals surface area (Å²) in [6, 6.07) is 7.54. The van der Waals surface area contributed by atoms with Gasteiger partial charge in [-0.15, -0.1) is 0 Å². The van der Waals surface area contributed by atoms with Gasteiger partial charge in [-0.2, -0.15) is 0 Å². The van der Waals surface area contributed by atoms with Crippen LogP contribution in [0.5, 0.6) is 0 Å². The predicted molar refractivity (Wildman–Crippen MR) is 84.1 cm³/mol. The van der Waals surface area contributed by atoms with Crippen molar-refractivity contribution in [3.63, 3.8) is 0 Å². The molecule has 3 rings (SSSR count). The van der Waals surface area contributed by atoms with E-state index in [0.717, 1.165) is 26.4 Å². The molecule has 1 aliphatic carbocycles. The maximum atomic E-state index is 6.07. The summed E-state index contributed by atoms with van der Waals surface area (Å²) in [5.74, 6) is 2.18. The number of benzene rings is 1. The highest BCUT2D eigenvalue weighted by atomic mass is 79.9. The van der Waals surface area contributed by atoms with Crippen LogP contribution in [0.4, 0.5) is 11.5 Å². The minimum Gasteiger partial charge on any atom is -0.339 e. The Bertz CT molecular complexity index is 629. The van der Waals surface area contributed by atoms with E-state index in [1.165, 1.54) is 12.8 Å². The highest BCUT2D eigenvalue weighted by Gasteiger charge is 2.27. The molecule has 0 unspecified atom stereocenters. The Morgan fingerprint density at radius 2 is 2.00 bits per heavy atom. The first-order valence-corrected chi connectivity index (χ1v) is 7.85. The first-order valence-electron chi connectivity index (χ1n) is 5.89. The van der Waals surface area contributed by atoms with Crippen molar-refractivity contribution in [3.05, 3.63) is 44.2 Å². The van der Waals surface area contributed by atoms with E-state index in [0.29, 0.717) is 10.9 Å². The van der Waals surface area contributed by atoms with Crippen LogP contribution in [0.1, 0.15) is 24.6 Å². The minimum atomic E-state index is 0.515. The SMILES string of the molecule is Clc1cccc(Nc2cc(Br)nc(C3CC3)n2)c1Br. The average Bonchev–Trinajstić information content (AvgIpc) is 3.18. The quantitative estimate of drug-likeness (QED) is 0.709. The van der Waals surface area contributed by atoms with Crippen molar-refractivity contribution in [1.82, 2.24) is 9.97 Å². The number of nitrogens with one attached hydrogen (secondary N) is 1. The molecule has 1 heterocycles. The fourth-order valence-corrected chi connectivity index (χ4v) is 2.70. The van der Waals surface area contributed by atoms with E-state index >= 15 is 0 Å². The normalized spacial score (nSPS) is 14.5. The van der Waals surface area contributed by atoms with Gasteiger partial charge in [0.15, 0.2) is 0 Å². The van der Waals surface area contributed by atoms with Gasteiger partial charge in [-0.25, -0.2) is 9.97 Å². The van der Waals surface area contributed by atoms with Crippen molar-refractivity contribution in [2.45, 2.75) is 18.8 Å². The van der Waals surface area contributed by atoms with Crippen molar-refractivity contribution in [1.29, 1.82) is 0 Å². The Morgan fingerprint density at radius 1 is 1.21 bits per heavy atom. The number of hydrogen-bond donors (Lipinski definition) is 1. The van der Waals surface area contributed by atoms with Crippen molar-refractivity contribution < 1.29 is 0 Å². The first kappa shape index (κ1) is 13.3. The molecule has 98 valence electrons. The molecule has 1 N–H and O–H groups in total. The lowest BCUT2D eigenvalue weighted by molar-refractivity contribution is 0.919. The van der Waals surface area contributed by atoms with Gasteiger partial charge >= 0.3 is 0 Å². The van der Waals surface area contributed by atoms with E-state index in [-0.39, 0.29) is 0 Å². The minimum absolute atomic E-state index is 0.515. The predicted octanol–water partition coefficient (Wildman–Crippen LogP) is 5.28. The molecule has 2 aromatic rings. The lowest BCUT2D eigenvalue weighted by atomic mass is 10.3. The Balaban J connectivity index is 1.92. The molecule has 1 aromatic heterocycles. The molecule has 1 saturated carbocycles. The molecule has 1 fully saturated rings. The Kier molecular flexibility index (Phi) is 3.78. The summed E-state index contributed by atoms with van der Waals surface area (Å²) < 4.78 is 1.63. The third-order valence-electron chi connectivity index (χ3n) is 2.87. The highest BCUT2D eigenvalue weighted by molar-refractivity contribution is 9.10. The van der Waals surface area contributed by atoms with Gasteiger partial charge in [-0.1, -0.05) is 17.7 Å². The van der Waals surface area contributed by atoms with Crippen molar-refractivity contribution in [3.8, 4) is 0 Å². The standard InChI is InChI=1S/C13H10Br2ClN3/c14-10-6-11(19-13(18-10)7-4-5-7)17-9-3-1-2-8(16)12(9)15/h1-3,6-7H,4-5H2,(H,17,18,19). The maximum absolute atomic E-state index is 6.07. The van der Waals surface area contributed by atoms with Gasteiger partial charge in [-0.3, -0.25) is 0 Å². The van der Waals surface area contributed by atoms with Gasteiger partial charge in [0.2, 0.25) is 0 Å². The topological polar surface area (TPSA) is 37.8 Å². The second-order valence-electron chi connectivity index (χ2n) is 4.43. The zero-order chi connectivity index (χ0) is 13.4. The fraction of sp³-hybridized carbons (Fsp3) is 0.231. The van der Waals surface area contributed by atoms with Gasteiger partial charge in [0.25, 0.3) is 0 Å². The molecule has 0 saturated heterocycles. The lowest BCUT2D eigenvalue weighted by Crippen LogP contribution is -2.00. The average molecular weight is 404 g/mol. The van der Waals surface area contributed by atoms with Crippen LogP contribution >= 0.6 is 43.5 Å². The second-order valence-corrected chi connectivity index (χ2v) is 6.45. The number of anilines is 2. The van der Waals surface area contributed by atoms with Gasteiger partial charge in [-0.05, 0) is 56.8 Å². The van der Waals surface area contributed by atoms with Crippen LogP contribution in [0.25, 0.3) is 0 Å². The van der Waals surface area contributed by atoms with Gasteiger partial charge < -0.3 is 5.32 Å². The molecule has 6 heteroatoms. The third-order valence-corrected chi connectivity index (χ3v) is 4.67. The fourth-order valence-electron chi connectivity index (χ4n) is 1.76. The molecule has 1 aromatic carbocycles. The molecule has 1 aliphatic rings. The highest BCUT2D eigenvalue weighted by Crippen LogP contribution is 2.39. The smallest absolute Gasteiger partial charge is 0.135 e. The molecule has 0 amide bonds. The molecular weight excluding hydrogens is 393 g/mol. The summed E-state index contributed by atoms with van der Waals surface area (Å²) in [7, 11) is 0. The molecule has 0 spiro atoms. The Labute approximate surface area is 133 Å². The molecule has 0 bridgehead atoms. The summed E-state index contributed by atoms with van der Waals surface area (Å²) in [5.41, 5.74) is 0.889. The van der Waals surface area contributed by atoms with Gasteiger partial charge in [0.1, 0.15) is 16.2 Å². The van der Waals surface area contributed by atoms with E-state index in [2.05, 4.69) is 47.1 Å². The van der Waals surface area contributed by atoms with E-state index in [1.807, 2.05) is 24.3 Å². The Hall–Kier alpha value is -0.650. The van der Waals surface area contributed by atoms with E-state index < -0.39 is 0 Å². The summed E-state index contributed by atoms with van der Waals surface area (Å²) in [6.45, 7) is 0. The van der Waals surface area contributed by atoms with Crippen LogP contribution in [0.2, 0.25) is 5.02 Å². The van der Waals surface area contributed by atoms with Crippen molar-refractivity contribution >= 4 is 55.0 Å². The maximum Gasteiger partial charge on any atom is 0.135 e. The van der Waals surface area contributed by atoms with Crippen LogP contribution in [-0.4, -0.2) is 9.97 Å². The largest absolute Gasteiger partial charge is 0.339 e. The van der Waals surface area contributed by atoms with Crippen LogP contribution in [0.3, 0.4) is 0 Å². The van der Waals surface area contributed by atoms with Crippen LogP contribution < -0.4 is 5.32 Å². The van der Waals surface area contributed by atoms with Gasteiger partial charge in [0.05, 0.1) is 15.2 Å². The molecule has 19 heavy (non-hydrogen) atoms. The zero-order valence-corrected chi connectivity index (χ0v) is 13.8. The number of aromatic nitrogens is 2. The number of rotatable bonds is 3. The Morgan fingerprint density at radius 3 is 2.74 bits per heavy atom. The zero-order valence-electron chi connectivity index (χ0n) is 9.83. The summed E-state index contributed by atoms with van der Waals surface area (Å²) in [5, 5.41) is 3.93. The van der Waals surface area contributed by atoms with Crippen molar-refractivity contribution in [2.24, 2.45) is 0 Å². The summed E-state index contributed by atoms with van der Waals surface area (Å²) in [6.07, 6.45) is 2.35. The van der Waals surface area contributed by atoms with Gasteiger partial charge in [0, 0.05) is 12.0 Å². The van der Waals surface area contributed by atoms with Crippen molar-refractivity contribution in [2.75, 3.05) is 5.32 Å². The molecule has 3 nitrogen and oxygen atoms in total.